The second-order valence-corrected chi connectivity index (χ2v) is 6.46. The highest BCUT2D eigenvalue weighted by Crippen LogP contribution is 2.33. The normalized spacial score (nSPS) is 20.1. The van der Waals surface area contributed by atoms with E-state index in [1.54, 1.807) is 7.11 Å². The van der Waals surface area contributed by atoms with Crippen molar-refractivity contribution in [2.75, 3.05) is 13.7 Å². The molecule has 1 heterocycles. The molecule has 1 unspecified atom stereocenters. The Balaban J connectivity index is 2.27. The van der Waals surface area contributed by atoms with Crippen LogP contribution < -0.4 is 10.1 Å². The van der Waals surface area contributed by atoms with E-state index in [4.69, 9.17) is 4.74 Å². The molecule has 18 heavy (non-hydrogen) atoms. The highest BCUT2D eigenvalue weighted by molar-refractivity contribution is 5.40. The number of nitrogens with one attached hydrogen (secondary N) is 1. The summed E-state index contributed by atoms with van der Waals surface area (Å²) >= 11 is 0. The summed E-state index contributed by atoms with van der Waals surface area (Å²) in [7, 11) is 1.76. The molecule has 0 amide bonds. The third kappa shape index (κ3) is 3.26. The van der Waals surface area contributed by atoms with Crippen LogP contribution >= 0.6 is 0 Å². The van der Waals surface area contributed by atoms with E-state index in [9.17, 15) is 0 Å². The lowest BCUT2D eigenvalue weighted by Gasteiger charge is -2.21. The zero-order valence-electron chi connectivity index (χ0n) is 12.0. The van der Waals surface area contributed by atoms with Crippen molar-refractivity contribution in [2.24, 2.45) is 5.41 Å². The molecule has 2 rings (SSSR count). The number of benzene rings is 1. The van der Waals surface area contributed by atoms with Gasteiger partial charge in [-0.15, -0.1) is 0 Å². The van der Waals surface area contributed by atoms with Crippen molar-refractivity contribution in [3.05, 3.63) is 29.3 Å². The Morgan fingerprint density at radius 3 is 2.67 bits per heavy atom. The first-order valence-electron chi connectivity index (χ1n) is 6.90. The summed E-state index contributed by atoms with van der Waals surface area (Å²) in [5.41, 5.74) is 3.07. The molecule has 1 saturated heterocycles. The summed E-state index contributed by atoms with van der Waals surface area (Å²) in [5, 5.41) is 3.56. The second-order valence-electron chi connectivity index (χ2n) is 6.46. The van der Waals surface area contributed by atoms with E-state index in [0.717, 1.165) is 18.7 Å². The van der Waals surface area contributed by atoms with E-state index in [1.807, 2.05) is 0 Å². The van der Waals surface area contributed by atoms with E-state index < -0.39 is 0 Å². The van der Waals surface area contributed by atoms with E-state index in [0.29, 0.717) is 11.5 Å². The lowest BCUT2D eigenvalue weighted by Crippen LogP contribution is -2.15. The molecule has 1 aromatic rings. The molecule has 1 aliphatic rings. The van der Waals surface area contributed by atoms with Crippen LogP contribution in [0.3, 0.4) is 0 Å². The second kappa shape index (κ2) is 5.31. The Labute approximate surface area is 111 Å². The Morgan fingerprint density at radius 1 is 1.33 bits per heavy atom. The van der Waals surface area contributed by atoms with Crippen molar-refractivity contribution in [3.8, 4) is 5.75 Å². The summed E-state index contributed by atoms with van der Waals surface area (Å²) in [5.74, 6) is 1.02. The maximum absolute atomic E-state index is 5.50. The SMILES string of the molecule is COc1ccc(CC(C)(C)C)cc1C1CCCN1. The minimum Gasteiger partial charge on any atom is -0.496 e. The van der Waals surface area contributed by atoms with Gasteiger partial charge in [0.05, 0.1) is 7.11 Å². The third-order valence-electron chi connectivity index (χ3n) is 3.46. The maximum Gasteiger partial charge on any atom is 0.123 e. The first kappa shape index (κ1) is 13.4. The summed E-state index contributed by atoms with van der Waals surface area (Å²) < 4.78 is 5.50. The molecular formula is C16H25NO. The molecule has 0 bridgehead atoms. The minimum atomic E-state index is 0.328. The number of hydrogen-bond acceptors (Lipinski definition) is 2. The molecule has 100 valence electrons. The number of ether oxygens (including phenoxy) is 1. The van der Waals surface area contributed by atoms with Crippen LogP contribution in [0.4, 0.5) is 0 Å². The van der Waals surface area contributed by atoms with Gasteiger partial charge in [-0.3, -0.25) is 0 Å². The van der Waals surface area contributed by atoms with E-state index >= 15 is 0 Å². The highest BCUT2D eigenvalue weighted by Gasteiger charge is 2.21. The fourth-order valence-corrected chi connectivity index (χ4v) is 2.73. The number of methoxy groups -OCH3 is 1. The monoisotopic (exact) mass is 247 g/mol. The Hall–Kier alpha value is -1.02. The molecule has 0 aliphatic carbocycles. The lowest BCUT2D eigenvalue weighted by molar-refractivity contribution is 0.398. The quantitative estimate of drug-likeness (QED) is 0.879. The molecule has 0 saturated carbocycles. The standard InChI is InChI=1S/C16H25NO/c1-16(2,3)11-12-7-8-15(18-4)13(10-12)14-6-5-9-17-14/h7-8,10,14,17H,5-6,9,11H2,1-4H3. The summed E-state index contributed by atoms with van der Waals surface area (Å²) in [6.45, 7) is 7.97. The molecule has 1 aromatic carbocycles. The van der Waals surface area contributed by atoms with Crippen LogP contribution in [0, 0.1) is 5.41 Å². The van der Waals surface area contributed by atoms with Crippen molar-refractivity contribution in [1.29, 1.82) is 0 Å². The molecule has 1 N–H and O–H groups in total. The average Bonchev–Trinajstić information content (AvgIpc) is 2.80. The van der Waals surface area contributed by atoms with Crippen LogP contribution in [0.5, 0.6) is 5.75 Å². The maximum atomic E-state index is 5.50. The van der Waals surface area contributed by atoms with Gasteiger partial charge in [0.15, 0.2) is 0 Å². The van der Waals surface area contributed by atoms with Crippen LogP contribution in [0.15, 0.2) is 18.2 Å². The van der Waals surface area contributed by atoms with Crippen LogP contribution in [0.1, 0.15) is 50.8 Å². The first-order valence-corrected chi connectivity index (χ1v) is 6.90. The van der Waals surface area contributed by atoms with Gasteiger partial charge in [-0.2, -0.15) is 0 Å². The Kier molecular flexibility index (Phi) is 3.96. The molecular weight excluding hydrogens is 222 g/mol. The van der Waals surface area contributed by atoms with Crippen LogP contribution in [0.25, 0.3) is 0 Å². The summed E-state index contributed by atoms with van der Waals surface area (Å²) in [6, 6.07) is 7.12. The zero-order chi connectivity index (χ0) is 13.2. The zero-order valence-corrected chi connectivity index (χ0v) is 12.0. The Bertz CT molecular complexity index is 400. The summed E-state index contributed by atoms with van der Waals surface area (Å²) in [4.78, 5) is 0. The number of rotatable bonds is 3. The van der Waals surface area contributed by atoms with E-state index in [-0.39, 0.29) is 0 Å². The third-order valence-corrected chi connectivity index (χ3v) is 3.46. The van der Waals surface area contributed by atoms with Crippen molar-refractivity contribution >= 4 is 0 Å². The van der Waals surface area contributed by atoms with Crippen LogP contribution in [0.2, 0.25) is 0 Å². The van der Waals surface area contributed by atoms with Crippen molar-refractivity contribution in [2.45, 2.75) is 46.1 Å². The van der Waals surface area contributed by atoms with E-state index in [1.165, 1.54) is 24.0 Å². The first-order chi connectivity index (χ1) is 8.49. The molecule has 1 fully saturated rings. The molecule has 0 radical (unpaired) electrons. The van der Waals surface area contributed by atoms with Gasteiger partial charge in [0.1, 0.15) is 5.75 Å². The van der Waals surface area contributed by atoms with Crippen molar-refractivity contribution < 1.29 is 4.74 Å². The fourth-order valence-electron chi connectivity index (χ4n) is 2.73. The molecule has 2 nitrogen and oxygen atoms in total. The fraction of sp³-hybridized carbons (Fsp3) is 0.625. The van der Waals surface area contributed by atoms with Gasteiger partial charge in [0.25, 0.3) is 0 Å². The van der Waals surface area contributed by atoms with Gasteiger partial charge >= 0.3 is 0 Å². The molecule has 1 aliphatic heterocycles. The van der Waals surface area contributed by atoms with Crippen LogP contribution in [-0.2, 0) is 6.42 Å². The summed E-state index contributed by atoms with van der Waals surface area (Å²) in [6.07, 6.45) is 3.59. The van der Waals surface area contributed by atoms with Crippen LogP contribution in [-0.4, -0.2) is 13.7 Å². The van der Waals surface area contributed by atoms with Gasteiger partial charge in [0, 0.05) is 11.6 Å². The van der Waals surface area contributed by atoms with Gasteiger partial charge in [-0.1, -0.05) is 32.9 Å². The average molecular weight is 247 g/mol. The number of hydrogen-bond donors (Lipinski definition) is 1. The topological polar surface area (TPSA) is 21.3 Å². The van der Waals surface area contributed by atoms with Gasteiger partial charge in [-0.25, -0.2) is 0 Å². The largest absolute Gasteiger partial charge is 0.496 e. The van der Waals surface area contributed by atoms with E-state index in [2.05, 4.69) is 44.3 Å². The predicted octanol–water partition coefficient (Wildman–Crippen LogP) is 3.71. The van der Waals surface area contributed by atoms with Gasteiger partial charge in [0.2, 0.25) is 0 Å². The molecule has 1 atom stereocenters. The molecule has 0 spiro atoms. The van der Waals surface area contributed by atoms with Gasteiger partial charge in [-0.05, 0) is 42.9 Å². The Morgan fingerprint density at radius 2 is 2.11 bits per heavy atom. The highest BCUT2D eigenvalue weighted by atomic mass is 16.5. The molecule has 0 aromatic heterocycles. The lowest BCUT2D eigenvalue weighted by atomic mass is 9.87. The van der Waals surface area contributed by atoms with Crippen molar-refractivity contribution in [3.63, 3.8) is 0 Å². The van der Waals surface area contributed by atoms with Gasteiger partial charge < -0.3 is 10.1 Å². The smallest absolute Gasteiger partial charge is 0.123 e. The minimum absolute atomic E-state index is 0.328. The predicted molar refractivity (Wildman–Crippen MR) is 76.1 cm³/mol. The molecule has 2 heteroatoms. The van der Waals surface area contributed by atoms with Crippen molar-refractivity contribution in [1.82, 2.24) is 5.32 Å².